The molecular formula is C21H24N4O3. The first-order valence-corrected chi connectivity index (χ1v) is 9.44. The predicted octanol–water partition coefficient (Wildman–Crippen LogP) is 2.66. The number of para-hydroxylation sites is 3. The maximum absolute atomic E-state index is 12.7. The van der Waals surface area contributed by atoms with Crippen LogP contribution in [0, 0.1) is 0 Å². The maximum atomic E-state index is 12.7. The molecule has 2 aromatic carbocycles. The van der Waals surface area contributed by atoms with Crippen molar-refractivity contribution in [3.8, 4) is 5.75 Å². The lowest BCUT2D eigenvalue weighted by Gasteiger charge is -2.43. The fraction of sp³-hybridized carbons (Fsp3) is 0.333. The number of carbonyl (C=O) groups is 2. The van der Waals surface area contributed by atoms with Crippen LogP contribution in [0.25, 0.3) is 0 Å². The number of nitrogens with zero attached hydrogens (tertiary/aromatic N) is 2. The second-order valence-electron chi connectivity index (χ2n) is 7.08. The molecule has 0 bridgehead atoms. The molecule has 0 unspecified atom stereocenters. The Morgan fingerprint density at radius 2 is 1.75 bits per heavy atom. The molecule has 2 aromatic rings. The van der Waals surface area contributed by atoms with Crippen molar-refractivity contribution in [3.05, 3.63) is 54.6 Å². The summed E-state index contributed by atoms with van der Waals surface area (Å²) < 4.78 is 5.29. The number of methoxy groups -OCH3 is 1. The number of anilines is 2. The number of ether oxygens (including phenoxy) is 1. The van der Waals surface area contributed by atoms with Gasteiger partial charge in [-0.3, -0.25) is 4.79 Å². The molecular weight excluding hydrogens is 356 g/mol. The molecule has 4 rings (SSSR count). The molecule has 2 heterocycles. The number of likely N-dealkylation sites (tertiary alicyclic amines) is 1. The summed E-state index contributed by atoms with van der Waals surface area (Å²) in [5, 5.41) is 5.89. The summed E-state index contributed by atoms with van der Waals surface area (Å²) in [7, 11) is 1.58. The van der Waals surface area contributed by atoms with E-state index < -0.39 is 5.54 Å². The molecule has 2 saturated heterocycles. The highest BCUT2D eigenvalue weighted by atomic mass is 16.5. The van der Waals surface area contributed by atoms with E-state index in [-0.39, 0.29) is 11.9 Å². The Balaban J connectivity index is 1.46. The van der Waals surface area contributed by atoms with Crippen LogP contribution in [0.2, 0.25) is 0 Å². The third-order valence-corrected chi connectivity index (χ3v) is 5.63. The van der Waals surface area contributed by atoms with Gasteiger partial charge in [0.05, 0.1) is 19.5 Å². The Bertz CT molecular complexity index is 863. The first-order chi connectivity index (χ1) is 13.6. The molecule has 0 aromatic heterocycles. The van der Waals surface area contributed by atoms with Gasteiger partial charge in [0.1, 0.15) is 11.3 Å². The lowest BCUT2D eigenvalue weighted by atomic mass is 9.85. The van der Waals surface area contributed by atoms with Gasteiger partial charge in [-0.25, -0.2) is 4.79 Å². The van der Waals surface area contributed by atoms with Gasteiger partial charge in [0.25, 0.3) is 0 Å². The van der Waals surface area contributed by atoms with E-state index in [0.29, 0.717) is 44.0 Å². The average molecular weight is 380 g/mol. The van der Waals surface area contributed by atoms with Crippen LogP contribution in [0.5, 0.6) is 5.75 Å². The number of hydrogen-bond acceptors (Lipinski definition) is 4. The van der Waals surface area contributed by atoms with Gasteiger partial charge in [0.2, 0.25) is 5.91 Å². The summed E-state index contributed by atoms with van der Waals surface area (Å²) in [6.07, 6.45) is 1.18. The summed E-state index contributed by atoms with van der Waals surface area (Å²) >= 11 is 0. The summed E-state index contributed by atoms with van der Waals surface area (Å²) in [4.78, 5) is 29.3. The molecule has 7 heteroatoms. The third-order valence-electron chi connectivity index (χ3n) is 5.63. The number of carbonyl (C=O) groups excluding carboxylic acids is 2. The molecule has 7 nitrogen and oxygen atoms in total. The number of benzene rings is 2. The number of urea groups is 1. The van der Waals surface area contributed by atoms with Gasteiger partial charge in [0.15, 0.2) is 0 Å². The highest BCUT2D eigenvalue weighted by Crippen LogP contribution is 2.36. The third kappa shape index (κ3) is 3.13. The summed E-state index contributed by atoms with van der Waals surface area (Å²) in [6.45, 7) is 1.52. The van der Waals surface area contributed by atoms with Crippen LogP contribution in [0.1, 0.15) is 12.8 Å². The minimum absolute atomic E-state index is 0.0427. The Morgan fingerprint density at radius 1 is 1.07 bits per heavy atom. The van der Waals surface area contributed by atoms with E-state index in [4.69, 9.17) is 4.74 Å². The van der Waals surface area contributed by atoms with Gasteiger partial charge in [-0.05, 0) is 37.1 Å². The van der Waals surface area contributed by atoms with Crippen molar-refractivity contribution in [1.82, 2.24) is 10.2 Å². The fourth-order valence-electron chi connectivity index (χ4n) is 4.05. The van der Waals surface area contributed by atoms with Crippen molar-refractivity contribution in [3.63, 3.8) is 0 Å². The molecule has 2 aliphatic heterocycles. The highest BCUT2D eigenvalue weighted by Gasteiger charge is 2.50. The Hall–Kier alpha value is -3.22. The molecule has 28 heavy (non-hydrogen) atoms. The Kier molecular flexibility index (Phi) is 4.81. The molecule has 0 radical (unpaired) electrons. The number of rotatable bonds is 3. The van der Waals surface area contributed by atoms with E-state index >= 15 is 0 Å². The molecule has 146 valence electrons. The molecule has 0 aliphatic carbocycles. The molecule has 1 spiro atoms. The molecule has 2 aliphatic rings. The molecule has 0 atom stereocenters. The standard InChI is InChI=1S/C21H24N4O3/c1-28-18-10-6-5-9-17(18)23-20(27)24-13-11-21(12-14-24)19(26)22-15-25(21)16-7-3-2-4-8-16/h2-10H,11-15H2,1H3,(H,22,26)(H,23,27). The Morgan fingerprint density at radius 3 is 2.46 bits per heavy atom. The van der Waals surface area contributed by atoms with E-state index in [9.17, 15) is 9.59 Å². The second-order valence-corrected chi connectivity index (χ2v) is 7.08. The summed E-state index contributed by atoms with van der Waals surface area (Å²) in [6, 6.07) is 17.1. The van der Waals surface area contributed by atoms with Gasteiger partial charge < -0.3 is 25.2 Å². The van der Waals surface area contributed by atoms with Crippen molar-refractivity contribution in [2.45, 2.75) is 18.4 Å². The van der Waals surface area contributed by atoms with Crippen LogP contribution < -0.4 is 20.3 Å². The fourth-order valence-corrected chi connectivity index (χ4v) is 4.05. The smallest absolute Gasteiger partial charge is 0.321 e. The lowest BCUT2D eigenvalue weighted by Crippen LogP contribution is -2.57. The van der Waals surface area contributed by atoms with E-state index in [1.54, 1.807) is 18.1 Å². The van der Waals surface area contributed by atoms with E-state index in [0.717, 1.165) is 5.69 Å². The van der Waals surface area contributed by atoms with Crippen molar-refractivity contribution in [2.24, 2.45) is 0 Å². The van der Waals surface area contributed by atoms with Crippen LogP contribution >= 0.6 is 0 Å². The van der Waals surface area contributed by atoms with Crippen molar-refractivity contribution in [1.29, 1.82) is 0 Å². The number of hydrogen-bond donors (Lipinski definition) is 2. The number of nitrogens with one attached hydrogen (secondary N) is 2. The second kappa shape index (κ2) is 7.42. The first-order valence-electron chi connectivity index (χ1n) is 9.44. The minimum Gasteiger partial charge on any atom is -0.495 e. The van der Waals surface area contributed by atoms with Crippen LogP contribution in [-0.4, -0.2) is 49.2 Å². The zero-order chi connectivity index (χ0) is 19.6. The first kappa shape index (κ1) is 18.2. The highest BCUT2D eigenvalue weighted by molar-refractivity contribution is 5.95. The lowest BCUT2D eigenvalue weighted by molar-refractivity contribution is -0.124. The van der Waals surface area contributed by atoms with Gasteiger partial charge >= 0.3 is 6.03 Å². The number of piperidine rings is 1. The van der Waals surface area contributed by atoms with E-state index in [1.807, 2.05) is 48.5 Å². The van der Waals surface area contributed by atoms with E-state index in [1.165, 1.54) is 0 Å². The zero-order valence-corrected chi connectivity index (χ0v) is 15.9. The minimum atomic E-state index is -0.595. The molecule has 2 N–H and O–H groups in total. The molecule has 0 saturated carbocycles. The van der Waals surface area contributed by atoms with Crippen LogP contribution in [0.4, 0.5) is 16.2 Å². The van der Waals surface area contributed by atoms with Gasteiger partial charge in [-0.1, -0.05) is 30.3 Å². The van der Waals surface area contributed by atoms with Crippen molar-refractivity contribution < 1.29 is 14.3 Å². The average Bonchev–Trinajstić information content (AvgIpc) is 3.05. The SMILES string of the molecule is COc1ccccc1NC(=O)N1CCC2(CC1)C(=O)NCN2c1ccccc1. The zero-order valence-electron chi connectivity index (χ0n) is 15.9. The van der Waals surface area contributed by atoms with Gasteiger partial charge in [-0.15, -0.1) is 0 Å². The van der Waals surface area contributed by atoms with Crippen molar-refractivity contribution in [2.75, 3.05) is 37.1 Å². The van der Waals surface area contributed by atoms with Crippen LogP contribution in [0.15, 0.2) is 54.6 Å². The number of amides is 3. The molecule has 3 amide bonds. The summed E-state index contributed by atoms with van der Waals surface area (Å²) in [5.41, 5.74) is 1.07. The van der Waals surface area contributed by atoms with Crippen LogP contribution in [0.3, 0.4) is 0 Å². The normalized spacial score (nSPS) is 18.1. The Labute approximate surface area is 164 Å². The van der Waals surface area contributed by atoms with Crippen LogP contribution in [-0.2, 0) is 4.79 Å². The van der Waals surface area contributed by atoms with Crippen molar-refractivity contribution >= 4 is 23.3 Å². The largest absolute Gasteiger partial charge is 0.495 e. The quantitative estimate of drug-likeness (QED) is 0.859. The summed E-state index contributed by atoms with van der Waals surface area (Å²) in [5.74, 6) is 0.663. The monoisotopic (exact) mass is 380 g/mol. The van der Waals surface area contributed by atoms with Gasteiger partial charge in [0, 0.05) is 18.8 Å². The maximum Gasteiger partial charge on any atom is 0.321 e. The topological polar surface area (TPSA) is 73.9 Å². The molecule has 2 fully saturated rings. The van der Waals surface area contributed by atoms with E-state index in [2.05, 4.69) is 15.5 Å². The van der Waals surface area contributed by atoms with Gasteiger partial charge in [-0.2, -0.15) is 0 Å². The predicted molar refractivity (Wildman–Crippen MR) is 107 cm³/mol.